The highest BCUT2D eigenvalue weighted by Crippen LogP contribution is 2.24. The molecule has 0 radical (unpaired) electrons. The number of amides is 1. The van der Waals surface area contributed by atoms with E-state index >= 15 is 0 Å². The Balaban J connectivity index is 2.00. The Morgan fingerprint density at radius 2 is 2.08 bits per heavy atom. The number of nitro groups is 1. The first-order valence-corrected chi connectivity index (χ1v) is 7.66. The average Bonchev–Trinajstić information content (AvgIpc) is 2.55. The molecule has 1 unspecified atom stereocenters. The van der Waals surface area contributed by atoms with Crippen LogP contribution in [0.15, 0.2) is 47.6 Å². The van der Waals surface area contributed by atoms with E-state index in [9.17, 15) is 19.7 Å². The van der Waals surface area contributed by atoms with Gasteiger partial charge in [-0.25, -0.2) is 9.78 Å². The second-order valence-electron chi connectivity index (χ2n) is 4.75. The lowest BCUT2D eigenvalue weighted by molar-refractivity contribution is -0.385. The molecule has 1 amide bonds. The Hall–Kier alpha value is -2.94. The van der Waals surface area contributed by atoms with Gasteiger partial charge in [-0.3, -0.25) is 14.9 Å². The van der Waals surface area contributed by atoms with E-state index in [4.69, 9.17) is 5.11 Å². The van der Waals surface area contributed by atoms with Crippen LogP contribution in [0, 0.1) is 10.1 Å². The summed E-state index contributed by atoms with van der Waals surface area (Å²) in [5.41, 5.74) is 0.330. The van der Waals surface area contributed by atoms with Crippen LogP contribution in [-0.4, -0.2) is 32.1 Å². The number of hydrogen-bond donors (Lipinski definition) is 2. The monoisotopic (exact) mass is 347 g/mol. The topological polar surface area (TPSA) is 122 Å². The highest BCUT2D eigenvalue weighted by atomic mass is 32.2. The lowest BCUT2D eigenvalue weighted by Crippen LogP contribution is -2.22. The smallest absolute Gasteiger partial charge is 0.335 e. The number of rotatable bonds is 6. The minimum absolute atomic E-state index is 0.0742. The number of hydrogen-bond acceptors (Lipinski definition) is 6. The Kier molecular flexibility index (Phi) is 5.48. The zero-order valence-electron chi connectivity index (χ0n) is 12.5. The van der Waals surface area contributed by atoms with E-state index in [0.717, 1.165) is 18.0 Å². The van der Waals surface area contributed by atoms with Crippen LogP contribution in [0.1, 0.15) is 17.3 Å². The van der Waals surface area contributed by atoms with Crippen molar-refractivity contribution in [3.05, 3.63) is 58.3 Å². The zero-order chi connectivity index (χ0) is 17.7. The Morgan fingerprint density at radius 1 is 1.33 bits per heavy atom. The number of carboxylic acid groups (broad SMARTS) is 1. The molecule has 9 heteroatoms. The summed E-state index contributed by atoms with van der Waals surface area (Å²) in [7, 11) is 0. The molecule has 0 fully saturated rings. The number of aromatic carboxylic acids is 1. The molecule has 24 heavy (non-hydrogen) atoms. The number of nitrogens with one attached hydrogen (secondary N) is 1. The molecule has 1 aromatic carbocycles. The summed E-state index contributed by atoms with van der Waals surface area (Å²) in [6.07, 6.45) is 1.13. The fraction of sp³-hybridized carbons (Fsp3) is 0.133. The maximum Gasteiger partial charge on any atom is 0.335 e. The van der Waals surface area contributed by atoms with Crippen LogP contribution in [0.2, 0.25) is 0 Å². The lowest BCUT2D eigenvalue weighted by Gasteiger charge is -2.11. The molecule has 0 aliphatic heterocycles. The summed E-state index contributed by atoms with van der Waals surface area (Å²) in [6.45, 7) is 1.66. The predicted molar refractivity (Wildman–Crippen MR) is 88.2 cm³/mol. The standard InChI is InChI=1S/C15H13N3O5S/c1-9(24-13-6-5-12(8-16-13)18(22)23)14(19)17-11-4-2-3-10(7-11)15(20)21/h2-9H,1H3,(H,17,19)(H,20,21). The maximum absolute atomic E-state index is 12.2. The molecule has 0 aliphatic rings. The summed E-state index contributed by atoms with van der Waals surface area (Å²) in [4.78, 5) is 37.0. The van der Waals surface area contributed by atoms with Gasteiger partial charge in [0.2, 0.25) is 5.91 Å². The third-order valence-electron chi connectivity index (χ3n) is 2.98. The first kappa shape index (κ1) is 17.4. The molecule has 0 saturated carbocycles. The highest BCUT2D eigenvalue weighted by molar-refractivity contribution is 8.00. The minimum Gasteiger partial charge on any atom is -0.478 e. The third kappa shape index (κ3) is 4.53. The largest absolute Gasteiger partial charge is 0.478 e. The molecule has 8 nitrogen and oxygen atoms in total. The molecule has 2 aromatic rings. The van der Waals surface area contributed by atoms with Crippen molar-refractivity contribution in [2.24, 2.45) is 0 Å². The predicted octanol–water partition coefficient (Wildman–Crippen LogP) is 2.81. The van der Waals surface area contributed by atoms with Gasteiger partial charge in [0.05, 0.1) is 20.8 Å². The van der Waals surface area contributed by atoms with Gasteiger partial charge >= 0.3 is 5.97 Å². The number of benzene rings is 1. The zero-order valence-corrected chi connectivity index (χ0v) is 13.3. The molecule has 2 rings (SSSR count). The van der Waals surface area contributed by atoms with Crippen LogP contribution in [0.4, 0.5) is 11.4 Å². The van der Waals surface area contributed by atoms with Crippen molar-refractivity contribution in [1.29, 1.82) is 0 Å². The Morgan fingerprint density at radius 3 is 2.67 bits per heavy atom. The van der Waals surface area contributed by atoms with Crippen molar-refractivity contribution in [3.63, 3.8) is 0 Å². The van der Waals surface area contributed by atoms with Crippen LogP contribution in [0.3, 0.4) is 0 Å². The van der Waals surface area contributed by atoms with Crippen LogP contribution in [0.5, 0.6) is 0 Å². The molecular formula is C15H13N3O5S. The summed E-state index contributed by atoms with van der Waals surface area (Å²) in [5, 5.41) is 22.1. The number of aromatic nitrogens is 1. The van der Waals surface area contributed by atoms with Crippen molar-refractivity contribution in [3.8, 4) is 0 Å². The average molecular weight is 347 g/mol. The van der Waals surface area contributed by atoms with Gasteiger partial charge in [0.15, 0.2) is 0 Å². The van der Waals surface area contributed by atoms with Crippen molar-refractivity contribution in [2.75, 3.05) is 5.32 Å². The van der Waals surface area contributed by atoms with Crippen LogP contribution < -0.4 is 5.32 Å². The fourth-order valence-corrected chi connectivity index (χ4v) is 2.55. The molecule has 1 atom stereocenters. The van der Waals surface area contributed by atoms with Gasteiger partial charge in [0.25, 0.3) is 5.69 Å². The number of carboxylic acids is 1. The summed E-state index contributed by atoms with van der Waals surface area (Å²) in [6, 6.07) is 8.70. The number of thioether (sulfide) groups is 1. The second-order valence-corrected chi connectivity index (χ2v) is 6.11. The molecule has 0 aliphatic carbocycles. The number of nitrogens with zero attached hydrogens (tertiary/aromatic N) is 2. The SMILES string of the molecule is CC(Sc1ccc([N+](=O)[O-])cn1)C(=O)Nc1cccc(C(=O)O)c1. The van der Waals surface area contributed by atoms with Gasteiger partial charge in [0, 0.05) is 11.8 Å². The van der Waals surface area contributed by atoms with Gasteiger partial charge in [0.1, 0.15) is 6.20 Å². The van der Waals surface area contributed by atoms with Gasteiger partial charge < -0.3 is 10.4 Å². The molecule has 1 heterocycles. The second kappa shape index (κ2) is 7.55. The fourth-order valence-electron chi connectivity index (χ4n) is 1.76. The van der Waals surface area contributed by atoms with Crippen LogP contribution in [-0.2, 0) is 4.79 Å². The summed E-state index contributed by atoms with van der Waals surface area (Å²) >= 11 is 1.14. The van der Waals surface area contributed by atoms with E-state index in [1.165, 1.54) is 30.3 Å². The van der Waals surface area contributed by atoms with Crippen molar-refractivity contribution >= 4 is 35.0 Å². The number of carbonyl (C=O) groups is 2. The lowest BCUT2D eigenvalue weighted by atomic mass is 10.2. The first-order valence-electron chi connectivity index (χ1n) is 6.78. The highest BCUT2D eigenvalue weighted by Gasteiger charge is 2.16. The van der Waals surface area contributed by atoms with Gasteiger partial charge in [-0.05, 0) is 31.2 Å². The molecule has 0 bridgehead atoms. The summed E-state index contributed by atoms with van der Waals surface area (Å²) in [5.74, 6) is -1.41. The van der Waals surface area contributed by atoms with E-state index in [-0.39, 0.29) is 17.2 Å². The quantitative estimate of drug-likeness (QED) is 0.468. The normalized spacial score (nSPS) is 11.5. The molecule has 1 aromatic heterocycles. The molecule has 124 valence electrons. The molecule has 0 saturated heterocycles. The van der Waals surface area contributed by atoms with Crippen molar-refractivity contribution in [2.45, 2.75) is 17.2 Å². The third-order valence-corrected chi connectivity index (χ3v) is 4.03. The van der Waals surface area contributed by atoms with Gasteiger partial charge in [-0.1, -0.05) is 17.8 Å². The van der Waals surface area contributed by atoms with Crippen molar-refractivity contribution in [1.82, 2.24) is 4.98 Å². The van der Waals surface area contributed by atoms with Gasteiger partial charge in [-0.2, -0.15) is 0 Å². The van der Waals surface area contributed by atoms with E-state index in [1.807, 2.05) is 0 Å². The molecular weight excluding hydrogens is 334 g/mol. The molecule has 0 spiro atoms. The minimum atomic E-state index is -1.08. The van der Waals surface area contributed by atoms with Gasteiger partial charge in [-0.15, -0.1) is 0 Å². The Labute approximate surface area is 141 Å². The molecule has 2 N–H and O–H groups in total. The van der Waals surface area contributed by atoms with E-state index in [1.54, 1.807) is 13.0 Å². The van der Waals surface area contributed by atoms with E-state index in [2.05, 4.69) is 10.3 Å². The maximum atomic E-state index is 12.2. The number of anilines is 1. The first-order chi connectivity index (χ1) is 11.4. The summed E-state index contributed by atoms with van der Waals surface area (Å²) < 4.78 is 0. The van der Waals surface area contributed by atoms with Crippen molar-refractivity contribution < 1.29 is 19.6 Å². The Bertz CT molecular complexity index is 779. The van der Waals surface area contributed by atoms with E-state index in [0.29, 0.717) is 10.7 Å². The van der Waals surface area contributed by atoms with Crippen LogP contribution >= 0.6 is 11.8 Å². The van der Waals surface area contributed by atoms with E-state index < -0.39 is 16.1 Å². The van der Waals surface area contributed by atoms with Crippen LogP contribution in [0.25, 0.3) is 0 Å². The number of carbonyl (C=O) groups excluding carboxylic acids is 1. The number of pyridine rings is 1.